The van der Waals surface area contributed by atoms with Crippen molar-refractivity contribution >= 4 is 13.8 Å². The van der Waals surface area contributed by atoms with Gasteiger partial charge in [0.1, 0.15) is 0 Å². The van der Waals surface area contributed by atoms with Crippen LogP contribution in [-0.2, 0) is 22.9 Å². The third kappa shape index (κ3) is 15.4. The average molecular weight is 310 g/mol. The lowest BCUT2D eigenvalue weighted by Crippen LogP contribution is -2.02. The number of hydrogen-bond donors (Lipinski definition) is 1. The Morgan fingerprint density at radius 3 is 1.75 bits per heavy atom. The van der Waals surface area contributed by atoms with Crippen molar-refractivity contribution in [3.05, 3.63) is 12.7 Å². The van der Waals surface area contributed by atoms with E-state index in [-0.39, 0.29) is 0 Å². The number of unbranched alkanes of at least 4 members (excludes halogenated alkanes) is 2. The van der Waals surface area contributed by atoms with Crippen LogP contribution in [0.4, 0.5) is 0 Å². The molecule has 0 aromatic rings. The molecule has 0 saturated carbocycles. The van der Waals surface area contributed by atoms with Crippen LogP contribution in [0.1, 0.15) is 46.5 Å². The van der Waals surface area contributed by atoms with Crippen LogP contribution < -0.4 is 0 Å². The maximum atomic E-state index is 11.9. The van der Waals surface area contributed by atoms with Crippen molar-refractivity contribution in [2.75, 3.05) is 19.8 Å². The van der Waals surface area contributed by atoms with Crippen LogP contribution in [-0.4, -0.2) is 30.9 Å². The fourth-order valence-corrected chi connectivity index (χ4v) is 2.16. The normalized spacial score (nSPS) is 10.6. The number of phosphoric acid groups is 1. The Balaban J connectivity index is 0. The maximum absolute atomic E-state index is 11.9. The van der Waals surface area contributed by atoms with Crippen molar-refractivity contribution in [2.45, 2.75) is 46.5 Å². The van der Waals surface area contributed by atoms with Crippen LogP contribution in [0.25, 0.3) is 0 Å². The zero-order chi connectivity index (χ0) is 15.9. The van der Waals surface area contributed by atoms with Gasteiger partial charge < -0.3 is 5.11 Å². The lowest BCUT2D eigenvalue weighted by atomic mass is 10.4. The van der Waals surface area contributed by atoms with Gasteiger partial charge in [-0.2, -0.15) is 0 Å². The highest BCUT2D eigenvalue weighted by Gasteiger charge is 2.25. The van der Waals surface area contributed by atoms with E-state index in [1.54, 1.807) is 6.92 Å². The van der Waals surface area contributed by atoms with Crippen molar-refractivity contribution in [3.63, 3.8) is 0 Å². The first-order chi connectivity index (χ1) is 9.45. The molecule has 7 heteroatoms. The number of phosphoric ester groups is 1. The molecule has 0 aromatic heterocycles. The van der Waals surface area contributed by atoms with Gasteiger partial charge in [0.25, 0.3) is 0 Å². The van der Waals surface area contributed by atoms with E-state index in [9.17, 15) is 9.36 Å². The van der Waals surface area contributed by atoms with Gasteiger partial charge in [0.15, 0.2) is 0 Å². The SMILES string of the molecule is C=CC(=O)O.CCCCOP(=O)(OCC)OCCCC. The van der Waals surface area contributed by atoms with E-state index >= 15 is 0 Å². The fourth-order valence-electron chi connectivity index (χ4n) is 0.911. The van der Waals surface area contributed by atoms with Gasteiger partial charge in [0.05, 0.1) is 19.8 Å². The summed E-state index contributed by atoms with van der Waals surface area (Å²) in [5, 5.41) is 7.60. The molecule has 1 N–H and O–H groups in total. The summed E-state index contributed by atoms with van der Waals surface area (Å²) in [6.07, 6.45) is 4.57. The molecule has 120 valence electrons. The molecule has 0 spiro atoms. The molecule has 0 aromatic carbocycles. The Hall–Kier alpha value is -0.680. The summed E-state index contributed by atoms with van der Waals surface area (Å²) < 4.78 is 27.3. The molecule has 0 radical (unpaired) electrons. The minimum absolute atomic E-state index is 0.343. The minimum Gasteiger partial charge on any atom is -0.478 e. The Kier molecular flexibility index (Phi) is 15.9. The molecule has 0 aliphatic carbocycles. The van der Waals surface area contributed by atoms with Crippen LogP contribution in [0, 0.1) is 0 Å². The molecule has 0 atom stereocenters. The summed E-state index contributed by atoms with van der Waals surface area (Å²) in [5.74, 6) is -0.981. The van der Waals surface area contributed by atoms with Crippen molar-refractivity contribution in [3.8, 4) is 0 Å². The summed E-state index contributed by atoms with van der Waals surface area (Å²) in [4.78, 5) is 9.25. The van der Waals surface area contributed by atoms with Crippen LogP contribution in [0.2, 0.25) is 0 Å². The van der Waals surface area contributed by atoms with Crippen LogP contribution in [0.3, 0.4) is 0 Å². The molecule has 0 aliphatic heterocycles. The Labute approximate surface area is 121 Å². The number of carbonyl (C=O) groups is 1. The standard InChI is InChI=1S/C10H23O4P.C3H4O2/c1-4-7-9-13-15(11,12-6-3)14-10-8-5-2;1-2-3(4)5/h4-10H2,1-3H3;2H,1H2,(H,4,5). The molecule has 0 amide bonds. The van der Waals surface area contributed by atoms with Crippen molar-refractivity contribution in [1.29, 1.82) is 0 Å². The highest BCUT2D eigenvalue weighted by Crippen LogP contribution is 2.49. The Morgan fingerprint density at radius 1 is 1.10 bits per heavy atom. The Bertz CT molecular complexity index is 279. The van der Waals surface area contributed by atoms with Crippen molar-refractivity contribution in [2.24, 2.45) is 0 Å². The highest BCUT2D eigenvalue weighted by molar-refractivity contribution is 7.48. The third-order valence-corrected chi connectivity index (χ3v) is 3.53. The van der Waals surface area contributed by atoms with Crippen LogP contribution >= 0.6 is 7.82 Å². The van der Waals surface area contributed by atoms with E-state index in [4.69, 9.17) is 18.7 Å². The molecule has 0 bridgehead atoms. The van der Waals surface area contributed by atoms with Gasteiger partial charge in [-0.3, -0.25) is 13.6 Å². The van der Waals surface area contributed by atoms with E-state index in [1.807, 2.05) is 13.8 Å². The smallest absolute Gasteiger partial charge is 0.474 e. The average Bonchev–Trinajstić information content (AvgIpc) is 2.40. The second kappa shape index (κ2) is 14.7. The van der Waals surface area contributed by atoms with Gasteiger partial charge in [0, 0.05) is 6.08 Å². The number of carboxylic acids is 1. The predicted octanol–water partition coefficient (Wildman–Crippen LogP) is 4.02. The highest BCUT2D eigenvalue weighted by atomic mass is 31.2. The second-order valence-corrected chi connectivity index (χ2v) is 5.45. The van der Waals surface area contributed by atoms with E-state index in [1.165, 1.54) is 0 Å². The van der Waals surface area contributed by atoms with Gasteiger partial charge >= 0.3 is 13.8 Å². The molecular weight excluding hydrogens is 283 g/mol. The minimum atomic E-state index is -3.28. The summed E-state index contributed by atoms with van der Waals surface area (Å²) in [6, 6.07) is 0. The summed E-state index contributed by atoms with van der Waals surface area (Å²) in [7, 11) is -3.28. The zero-order valence-corrected chi connectivity index (χ0v) is 13.6. The van der Waals surface area contributed by atoms with Crippen LogP contribution in [0.5, 0.6) is 0 Å². The van der Waals surface area contributed by atoms with Gasteiger partial charge in [0.2, 0.25) is 0 Å². The molecular formula is C13H27O6P. The zero-order valence-electron chi connectivity index (χ0n) is 12.7. The predicted molar refractivity (Wildman–Crippen MR) is 78.8 cm³/mol. The van der Waals surface area contributed by atoms with E-state index in [2.05, 4.69) is 6.58 Å². The van der Waals surface area contributed by atoms with Gasteiger partial charge in [-0.1, -0.05) is 33.3 Å². The molecule has 0 unspecified atom stereocenters. The van der Waals surface area contributed by atoms with Gasteiger partial charge in [-0.15, -0.1) is 0 Å². The summed E-state index contributed by atoms with van der Waals surface area (Å²) in [5.41, 5.74) is 0. The van der Waals surface area contributed by atoms with Gasteiger partial charge in [-0.05, 0) is 19.8 Å². The number of rotatable bonds is 11. The topological polar surface area (TPSA) is 82.1 Å². The monoisotopic (exact) mass is 310 g/mol. The number of aliphatic carboxylic acids is 1. The molecule has 6 nitrogen and oxygen atoms in total. The lowest BCUT2D eigenvalue weighted by molar-refractivity contribution is -0.131. The first-order valence-corrected chi connectivity index (χ1v) is 8.30. The largest absolute Gasteiger partial charge is 0.478 e. The molecule has 0 rings (SSSR count). The summed E-state index contributed by atoms with van der Waals surface area (Å²) >= 11 is 0. The third-order valence-electron chi connectivity index (χ3n) is 1.96. The molecule has 20 heavy (non-hydrogen) atoms. The van der Waals surface area contributed by atoms with E-state index < -0.39 is 13.8 Å². The number of carboxylic acid groups (broad SMARTS) is 1. The van der Waals surface area contributed by atoms with E-state index in [0.29, 0.717) is 19.8 Å². The molecule has 0 saturated heterocycles. The molecule has 0 aliphatic rings. The number of hydrogen-bond acceptors (Lipinski definition) is 5. The Morgan fingerprint density at radius 2 is 1.50 bits per heavy atom. The van der Waals surface area contributed by atoms with E-state index in [0.717, 1.165) is 31.8 Å². The second-order valence-electron chi connectivity index (χ2n) is 3.78. The van der Waals surface area contributed by atoms with Crippen LogP contribution in [0.15, 0.2) is 12.7 Å². The molecule has 0 heterocycles. The first kappa shape index (κ1) is 21.6. The maximum Gasteiger partial charge on any atom is 0.474 e. The first-order valence-electron chi connectivity index (χ1n) is 6.84. The fraction of sp³-hybridized carbons (Fsp3) is 0.769. The van der Waals surface area contributed by atoms with Crippen molar-refractivity contribution < 1.29 is 28.0 Å². The molecule has 0 fully saturated rings. The quantitative estimate of drug-likeness (QED) is 0.352. The van der Waals surface area contributed by atoms with Gasteiger partial charge in [-0.25, -0.2) is 9.36 Å². The lowest BCUT2D eigenvalue weighted by Gasteiger charge is -2.16. The van der Waals surface area contributed by atoms with Crippen molar-refractivity contribution in [1.82, 2.24) is 0 Å². The summed E-state index contributed by atoms with van der Waals surface area (Å²) in [6.45, 7) is 10.0.